The van der Waals surface area contributed by atoms with Crippen molar-refractivity contribution in [2.45, 2.75) is 12.5 Å². The van der Waals surface area contributed by atoms with Crippen molar-refractivity contribution in [2.75, 3.05) is 11.5 Å². The fraction of sp³-hybridized carbons (Fsp3) is 0.200. The quantitative estimate of drug-likeness (QED) is 0.729. The molecule has 3 rings (SSSR count). The number of carbonyl (C=O) groups is 2. The Morgan fingerprint density at radius 1 is 1.04 bits per heavy atom. The number of nitrogens with one attached hydrogen (secondary N) is 2. The summed E-state index contributed by atoms with van der Waals surface area (Å²) in [7, 11) is -3.13. The normalized spacial score (nSPS) is 18.5. The predicted molar refractivity (Wildman–Crippen MR) is 109 cm³/mol. The van der Waals surface area contributed by atoms with Crippen molar-refractivity contribution in [1.29, 1.82) is 0 Å². The van der Waals surface area contributed by atoms with Gasteiger partial charge in [-0.05, 0) is 42.3 Å². The van der Waals surface area contributed by atoms with Crippen LogP contribution in [-0.4, -0.2) is 37.8 Å². The van der Waals surface area contributed by atoms with Crippen LogP contribution in [0, 0.1) is 0 Å². The van der Waals surface area contributed by atoms with Gasteiger partial charge in [-0.3, -0.25) is 9.59 Å². The molecule has 0 bridgehead atoms. The summed E-state index contributed by atoms with van der Waals surface area (Å²) in [6.45, 7) is 0. The minimum Gasteiger partial charge on any atom is -0.347 e. The van der Waals surface area contributed by atoms with Crippen molar-refractivity contribution < 1.29 is 18.0 Å². The molecule has 1 heterocycles. The number of hydrogen-bond donors (Lipinski definition) is 2. The molecular weight excluding hydrogens is 400 g/mol. The summed E-state index contributed by atoms with van der Waals surface area (Å²) in [6.07, 6.45) is 1.88. The smallest absolute Gasteiger partial charge is 0.268 e. The van der Waals surface area contributed by atoms with Crippen molar-refractivity contribution >= 4 is 39.3 Å². The van der Waals surface area contributed by atoms with Crippen LogP contribution in [0.15, 0.2) is 60.3 Å². The summed E-state index contributed by atoms with van der Waals surface area (Å²) in [5, 5.41) is 5.86. The van der Waals surface area contributed by atoms with E-state index in [1.54, 1.807) is 54.6 Å². The summed E-state index contributed by atoms with van der Waals surface area (Å²) in [5.41, 5.74) is 1.10. The Balaban J connectivity index is 1.82. The fourth-order valence-corrected chi connectivity index (χ4v) is 4.64. The van der Waals surface area contributed by atoms with Gasteiger partial charge in [-0.1, -0.05) is 41.9 Å². The monoisotopic (exact) mass is 418 g/mol. The molecule has 28 heavy (non-hydrogen) atoms. The largest absolute Gasteiger partial charge is 0.347 e. The molecule has 2 aromatic carbocycles. The first-order valence-corrected chi connectivity index (χ1v) is 10.9. The number of amides is 2. The average Bonchev–Trinajstić information content (AvgIpc) is 3.01. The zero-order chi connectivity index (χ0) is 20.1. The van der Waals surface area contributed by atoms with Crippen LogP contribution in [0.25, 0.3) is 6.08 Å². The highest BCUT2D eigenvalue weighted by Gasteiger charge is 2.29. The van der Waals surface area contributed by atoms with Gasteiger partial charge in [-0.25, -0.2) is 8.42 Å². The lowest BCUT2D eigenvalue weighted by atomic mass is 10.1. The van der Waals surface area contributed by atoms with Gasteiger partial charge in [0.2, 0.25) is 0 Å². The minimum atomic E-state index is -3.13. The summed E-state index contributed by atoms with van der Waals surface area (Å²) >= 11 is 5.89. The van der Waals surface area contributed by atoms with Crippen LogP contribution >= 0.6 is 11.6 Å². The van der Waals surface area contributed by atoms with Crippen molar-refractivity contribution in [1.82, 2.24) is 10.6 Å². The maximum absolute atomic E-state index is 12.7. The maximum Gasteiger partial charge on any atom is 0.268 e. The van der Waals surface area contributed by atoms with Crippen molar-refractivity contribution in [3.8, 4) is 0 Å². The topological polar surface area (TPSA) is 92.3 Å². The molecule has 2 amide bonds. The number of rotatable bonds is 5. The third-order valence-corrected chi connectivity index (χ3v) is 6.30. The molecule has 0 spiro atoms. The highest BCUT2D eigenvalue weighted by atomic mass is 35.5. The van der Waals surface area contributed by atoms with E-state index in [2.05, 4.69) is 10.6 Å². The molecular formula is C20H19ClN2O4S. The number of hydrogen-bond acceptors (Lipinski definition) is 4. The predicted octanol–water partition coefficient (Wildman–Crippen LogP) is 2.41. The lowest BCUT2D eigenvalue weighted by Crippen LogP contribution is -2.41. The highest BCUT2D eigenvalue weighted by Crippen LogP contribution is 2.15. The molecule has 6 nitrogen and oxygen atoms in total. The van der Waals surface area contributed by atoms with Gasteiger partial charge in [0.25, 0.3) is 11.8 Å². The van der Waals surface area contributed by atoms with Crippen molar-refractivity contribution in [2.24, 2.45) is 0 Å². The van der Waals surface area contributed by atoms with Gasteiger partial charge in [0, 0.05) is 16.6 Å². The Morgan fingerprint density at radius 2 is 1.71 bits per heavy atom. The second-order valence-corrected chi connectivity index (χ2v) is 9.17. The first-order valence-electron chi connectivity index (χ1n) is 8.67. The molecule has 0 aromatic heterocycles. The fourth-order valence-electron chi connectivity index (χ4n) is 2.84. The van der Waals surface area contributed by atoms with Crippen LogP contribution in [0.2, 0.25) is 5.02 Å². The first-order chi connectivity index (χ1) is 13.3. The maximum atomic E-state index is 12.7. The molecule has 1 fully saturated rings. The van der Waals surface area contributed by atoms with Crippen LogP contribution < -0.4 is 10.6 Å². The second kappa shape index (κ2) is 8.58. The third-order valence-electron chi connectivity index (χ3n) is 4.28. The zero-order valence-electron chi connectivity index (χ0n) is 14.9. The SMILES string of the molecule is O=C(N[C@@H]1CCS(=O)(=O)C1)/C(=C\c1ccc(Cl)cc1)NC(=O)c1ccccc1. The lowest BCUT2D eigenvalue weighted by Gasteiger charge is -2.14. The third kappa shape index (κ3) is 5.43. The van der Waals surface area contributed by atoms with E-state index in [-0.39, 0.29) is 17.2 Å². The van der Waals surface area contributed by atoms with E-state index in [9.17, 15) is 18.0 Å². The van der Waals surface area contributed by atoms with Crippen LogP contribution in [0.4, 0.5) is 0 Å². The molecule has 1 saturated heterocycles. The molecule has 146 valence electrons. The Labute approximate surface area is 168 Å². The van der Waals surface area contributed by atoms with Gasteiger partial charge in [0.15, 0.2) is 9.84 Å². The lowest BCUT2D eigenvalue weighted by molar-refractivity contribution is -0.118. The molecule has 2 N–H and O–H groups in total. The zero-order valence-corrected chi connectivity index (χ0v) is 16.5. The molecule has 1 aliphatic rings. The highest BCUT2D eigenvalue weighted by molar-refractivity contribution is 7.91. The van der Waals surface area contributed by atoms with E-state index in [4.69, 9.17) is 11.6 Å². The van der Waals surface area contributed by atoms with E-state index in [1.165, 1.54) is 6.08 Å². The average molecular weight is 419 g/mol. The molecule has 2 aromatic rings. The van der Waals surface area contributed by atoms with Gasteiger partial charge < -0.3 is 10.6 Å². The van der Waals surface area contributed by atoms with Crippen LogP contribution in [0.5, 0.6) is 0 Å². The summed E-state index contributed by atoms with van der Waals surface area (Å²) in [4.78, 5) is 25.2. The van der Waals surface area contributed by atoms with E-state index >= 15 is 0 Å². The van der Waals surface area contributed by atoms with Gasteiger partial charge in [-0.15, -0.1) is 0 Å². The van der Waals surface area contributed by atoms with E-state index < -0.39 is 27.7 Å². The van der Waals surface area contributed by atoms with Crippen LogP contribution in [0.1, 0.15) is 22.3 Å². The molecule has 1 aliphatic heterocycles. The van der Waals surface area contributed by atoms with Crippen LogP contribution in [0.3, 0.4) is 0 Å². The number of halogens is 1. The van der Waals surface area contributed by atoms with Crippen molar-refractivity contribution in [3.05, 3.63) is 76.4 Å². The molecule has 1 atom stereocenters. The first kappa shape index (κ1) is 20.1. The molecule has 0 saturated carbocycles. The van der Waals surface area contributed by atoms with Gasteiger partial charge in [-0.2, -0.15) is 0 Å². The number of carbonyl (C=O) groups excluding carboxylic acids is 2. The van der Waals surface area contributed by atoms with Crippen LogP contribution in [-0.2, 0) is 14.6 Å². The Bertz CT molecular complexity index is 1000. The summed E-state index contributed by atoms with van der Waals surface area (Å²) in [5.74, 6) is -1.03. The van der Waals surface area contributed by atoms with Gasteiger partial charge in [0.1, 0.15) is 5.70 Å². The second-order valence-electron chi connectivity index (χ2n) is 6.50. The van der Waals surface area contributed by atoms with E-state index in [0.29, 0.717) is 22.6 Å². The Morgan fingerprint density at radius 3 is 2.32 bits per heavy atom. The van der Waals surface area contributed by atoms with Crippen molar-refractivity contribution in [3.63, 3.8) is 0 Å². The van der Waals surface area contributed by atoms with Gasteiger partial charge >= 0.3 is 0 Å². The van der Waals surface area contributed by atoms with Gasteiger partial charge in [0.05, 0.1) is 11.5 Å². The Hall–Kier alpha value is -2.64. The molecule has 0 aliphatic carbocycles. The molecule has 8 heteroatoms. The number of benzene rings is 2. The Kier molecular flexibility index (Phi) is 6.16. The standard InChI is InChI=1S/C20H19ClN2O4S/c21-16-8-6-14(7-9-16)12-18(23-19(24)15-4-2-1-3-5-15)20(25)22-17-10-11-28(26,27)13-17/h1-9,12,17H,10-11,13H2,(H,22,25)(H,23,24)/b18-12+/t17-/m1/s1. The molecule has 0 radical (unpaired) electrons. The number of sulfone groups is 1. The minimum absolute atomic E-state index is 0.0282. The summed E-state index contributed by atoms with van der Waals surface area (Å²) in [6, 6.07) is 14.8. The summed E-state index contributed by atoms with van der Waals surface area (Å²) < 4.78 is 23.3. The molecule has 0 unspecified atom stereocenters. The van der Waals surface area contributed by atoms with E-state index in [1.807, 2.05) is 0 Å². The van der Waals surface area contributed by atoms with E-state index in [0.717, 1.165) is 0 Å².